The molecule has 0 bridgehead atoms. The van der Waals surface area contributed by atoms with Crippen molar-refractivity contribution >= 4 is 11.3 Å². The molecule has 0 amide bonds. The summed E-state index contributed by atoms with van der Waals surface area (Å²) in [6.07, 6.45) is 0. The number of methoxy groups -OCH3 is 1. The van der Waals surface area contributed by atoms with Crippen molar-refractivity contribution in [1.29, 1.82) is 0 Å². The van der Waals surface area contributed by atoms with Gasteiger partial charge in [-0.1, -0.05) is 17.0 Å². The topological polar surface area (TPSA) is 88.4 Å². The number of aryl methyl sites for hydroxylation is 1. The standard InChI is InChI=1S/C17H14N2O4S/c1-10-8-14(22-2)13(9-12(10)16-18-17(21)23-19-16)15-6-5-11(24-15)4-3-7-20/h5-6,8-9,20H,7H2,1-2H3,(H,18,19,21). The van der Waals surface area contributed by atoms with E-state index in [1.54, 1.807) is 7.11 Å². The van der Waals surface area contributed by atoms with Crippen molar-refractivity contribution in [1.82, 2.24) is 10.1 Å². The fourth-order valence-electron chi connectivity index (χ4n) is 2.32. The maximum Gasteiger partial charge on any atom is 0.439 e. The lowest BCUT2D eigenvalue weighted by atomic mass is 10.0. The Hall–Kier alpha value is -2.82. The molecular weight excluding hydrogens is 328 g/mol. The van der Waals surface area contributed by atoms with Gasteiger partial charge < -0.3 is 9.84 Å². The van der Waals surface area contributed by atoms with Gasteiger partial charge in [0.1, 0.15) is 12.4 Å². The van der Waals surface area contributed by atoms with E-state index < -0.39 is 5.76 Å². The summed E-state index contributed by atoms with van der Waals surface area (Å²) in [4.78, 5) is 15.6. The summed E-state index contributed by atoms with van der Waals surface area (Å²) in [5.41, 5.74) is 2.52. The molecule has 2 aromatic heterocycles. The van der Waals surface area contributed by atoms with E-state index in [0.29, 0.717) is 11.6 Å². The van der Waals surface area contributed by atoms with Crippen LogP contribution in [0.4, 0.5) is 0 Å². The number of hydrogen-bond donors (Lipinski definition) is 2. The summed E-state index contributed by atoms with van der Waals surface area (Å²) in [7, 11) is 1.61. The molecule has 0 fully saturated rings. The van der Waals surface area contributed by atoms with Crippen molar-refractivity contribution in [2.45, 2.75) is 6.92 Å². The zero-order valence-corrected chi connectivity index (χ0v) is 13.9. The molecule has 6 nitrogen and oxygen atoms in total. The van der Waals surface area contributed by atoms with E-state index in [4.69, 9.17) is 9.84 Å². The third-order valence-corrected chi connectivity index (χ3v) is 4.44. The van der Waals surface area contributed by atoms with Gasteiger partial charge in [0.2, 0.25) is 0 Å². The summed E-state index contributed by atoms with van der Waals surface area (Å²) in [6, 6.07) is 7.61. The molecule has 0 saturated heterocycles. The molecule has 0 unspecified atom stereocenters. The number of aromatic nitrogens is 2. The molecule has 2 N–H and O–H groups in total. The molecule has 0 spiro atoms. The summed E-state index contributed by atoms with van der Waals surface area (Å²) in [5, 5.41) is 12.5. The predicted molar refractivity (Wildman–Crippen MR) is 91.1 cm³/mol. The summed E-state index contributed by atoms with van der Waals surface area (Å²) >= 11 is 1.49. The summed E-state index contributed by atoms with van der Waals surface area (Å²) in [5.74, 6) is 6.00. The number of aliphatic hydroxyl groups excluding tert-OH is 1. The highest BCUT2D eigenvalue weighted by atomic mass is 32.1. The van der Waals surface area contributed by atoms with Gasteiger partial charge in [-0.3, -0.25) is 9.51 Å². The minimum absolute atomic E-state index is 0.176. The van der Waals surface area contributed by atoms with Gasteiger partial charge in [-0.25, -0.2) is 4.79 Å². The lowest BCUT2D eigenvalue weighted by Crippen LogP contribution is -1.96. The lowest BCUT2D eigenvalue weighted by Gasteiger charge is -2.11. The van der Waals surface area contributed by atoms with Gasteiger partial charge in [-0.15, -0.1) is 11.3 Å². The molecule has 2 heterocycles. The molecule has 0 aliphatic heterocycles. The molecule has 24 heavy (non-hydrogen) atoms. The Labute approximate surface area is 141 Å². The van der Waals surface area contributed by atoms with E-state index >= 15 is 0 Å². The number of ether oxygens (including phenoxy) is 1. The maximum atomic E-state index is 11.2. The van der Waals surface area contributed by atoms with Gasteiger partial charge in [0.05, 0.1) is 12.0 Å². The minimum Gasteiger partial charge on any atom is -0.496 e. The number of nitrogens with zero attached hydrogens (tertiary/aromatic N) is 1. The van der Waals surface area contributed by atoms with Crippen molar-refractivity contribution < 1.29 is 14.4 Å². The van der Waals surface area contributed by atoms with Crippen molar-refractivity contribution in [3.05, 3.63) is 45.3 Å². The molecule has 0 atom stereocenters. The Morgan fingerprint density at radius 2 is 2.21 bits per heavy atom. The highest BCUT2D eigenvalue weighted by molar-refractivity contribution is 7.16. The van der Waals surface area contributed by atoms with Gasteiger partial charge in [0.25, 0.3) is 0 Å². The maximum absolute atomic E-state index is 11.2. The molecule has 7 heteroatoms. The number of rotatable bonds is 3. The number of aromatic amines is 1. The van der Waals surface area contributed by atoms with E-state index in [0.717, 1.165) is 26.4 Å². The summed E-state index contributed by atoms with van der Waals surface area (Å²) in [6.45, 7) is 1.73. The highest BCUT2D eigenvalue weighted by Gasteiger charge is 2.15. The van der Waals surface area contributed by atoms with Crippen molar-refractivity contribution in [2.75, 3.05) is 13.7 Å². The van der Waals surface area contributed by atoms with Crippen LogP contribution in [0.15, 0.2) is 33.6 Å². The first kappa shape index (κ1) is 16.1. The van der Waals surface area contributed by atoms with E-state index in [1.807, 2.05) is 31.2 Å². The number of nitrogens with one attached hydrogen (secondary N) is 1. The average molecular weight is 342 g/mol. The number of aliphatic hydroxyl groups is 1. The van der Waals surface area contributed by atoms with Gasteiger partial charge in [-0.2, -0.15) is 0 Å². The SMILES string of the molecule is COc1cc(C)c(-c2noc(=O)[nH]2)cc1-c1ccc(C#CCO)s1. The number of benzene rings is 1. The van der Waals surface area contributed by atoms with Crippen LogP contribution in [0.5, 0.6) is 5.75 Å². The molecule has 122 valence electrons. The van der Waals surface area contributed by atoms with E-state index in [9.17, 15) is 4.79 Å². The van der Waals surface area contributed by atoms with Crippen molar-refractivity contribution in [2.24, 2.45) is 0 Å². The Morgan fingerprint density at radius 1 is 1.38 bits per heavy atom. The predicted octanol–water partition coefficient (Wildman–Crippen LogP) is 2.42. The first-order chi connectivity index (χ1) is 11.6. The Balaban J connectivity index is 2.12. The monoisotopic (exact) mass is 342 g/mol. The zero-order valence-electron chi connectivity index (χ0n) is 13.0. The normalized spacial score (nSPS) is 10.3. The lowest BCUT2D eigenvalue weighted by molar-refractivity contribution is 0.350. The van der Waals surface area contributed by atoms with E-state index in [-0.39, 0.29) is 6.61 Å². The first-order valence-electron chi connectivity index (χ1n) is 7.07. The fourth-order valence-corrected chi connectivity index (χ4v) is 3.22. The van der Waals surface area contributed by atoms with Crippen LogP contribution >= 0.6 is 11.3 Å². The van der Waals surface area contributed by atoms with Crippen LogP contribution in [-0.2, 0) is 0 Å². The van der Waals surface area contributed by atoms with Crippen molar-refractivity contribution in [3.63, 3.8) is 0 Å². The van der Waals surface area contributed by atoms with Crippen LogP contribution in [0.2, 0.25) is 0 Å². The summed E-state index contributed by atoms with van der Waals surface area (Å²) < 4.78 is 10.1. The second-order valence-corrected chi connectivity index (χ2v) is 6.02. The van der Waals surface area contributed by atoms with Crippen LogP contribution < -0.4 is 10.5 Å². The third kappa shape index (κ3) is 3.11. The second kappa shape index (κ2) is 6.74. The van der Waals surface area contributed by atoms with Gasteiger partial charge in [0, 0.05) is 16.0 Å². The number of thiophene rings is 1. The third-order valence-electron chi connectivity index (χ3n) is 3.40. The Kier molecular flexibility index (Phi) is 4.51. The van der Waals surface area contributed by atoms with Crippen LogP contribution in [-0.4, -0.2) is 29.0 Å². The molecule has 0 aliphatic carbocycles. The van der Waals surface area contributed by atoms with Crippen LogP contribution in [0.25, 0.3) is 21.8 Å². The fraction of sp³-hybridized carbons (Fsp3) is 0.176. The molecule has 0 saturated carbocycles. The quantitative estimate of drug-likeness (QED) is 0.714. The first-order valence-corrected chi connectivity index (χ1v) is 7.89. The van der Waals surface area contributed by atoms with Gasteiger partial charge >= 0.3 is 5.76 Å². The Bertz CT molecular complexity index is 988. The average Bonchev–Trinajstić information content (AvgIpc) is 3.21. The van der Waals surface area contributed by atoms with Crippen molar-refractivity contribution in [3.8, 4) is 39.4 Å². The van der Waals surface area contributed by atoms with Gasteiger partial charge in [0.15, 0.2) is 5.82 Å². The molecule has 3 aromatic rings. The molecule has 0 radical (unpaired) electrons. The van der Waals surface area contributed by atoms with Crippen LogP contribution in [0, 0.1) is 18.8 Å². The highest BCUT2D eigenvalue weighted by Crippen LogP contribution is 2.38. The minimum atomic E-state index is -0.598. The van der Waals surface area contributed by atoms with E-state index in [2.05, 4.69) is 26.5 Å². The Morgan fingerprint density at radius 3 is 2.88 bits per heavy atom. The molecule has 3 rings (SSSR count). The number of H-pyrrole nitrogens is 1. The van der Waals surface area contributed by atoms with E-state index in [1.165, 1.54) is 11.3 Å². The van der Waals surface area contributed by atoms with Crippen LogP contribution in [0.3, 0.4) is 0 Å². The molecular formula is C17H14N2O4S. The van der Waals surface area contributed by atoms with Crippen LogP contribution in [0.1, 0.15) is 10.4 Å². The molecule has 1 aromatic carbocycles. The molecule has 0 aliphatic rings. The van der Waals surface area contributed by atoms with Gasteiger partial charge in [-0.05, 0) is 36.8 Å². The zero-order chi connectivity index (χ0) is 17.1. The smallest absolute Gasteiger partial charge is 0.439 e. The largest absolute Gasteiger partial charge is 0.496 e. The second-order valence-electron chi connectivity index (χ2n) is 4.93. The number of hydrogen-bond acceptors (Lipinski definition) is 6.